The number of likely N-dealkylation sites (tertiary alicyclic amines) is 1. The molecule has 0 radical (unpaired) electrons. The maximum atomic E-state index is 12.5. The maximum Gasteiger partial charge on any atom is 0.302 e. The Morgan fingerprint density at radius 1 is 1.74 bits per heavy atom. The molecule has 1 aliphatic rings. The summed E-state index contributed by atoms with van der Waals surface area (Å²) in [7, 11) is 1.56. The number of hydrogen-bond acceptors (Lipinski definition) is 4. The number of likely N-dealkylation sites (N-methyl/N-ethyl adjacent to an activating group) is 1. The molecule has 1 fully saturated rings. The summed E-state index contributed by atoms with van der Waals surface area (Å²) in [6.45, 7) is 1.71. The van der Waals surface area contributed by atoms with Crippen LogP contribution in [0.1, 0.15) is 22.9 Å². The molecular weight excluding hydrogens is 292 g/mol. The second-order valence-corrected chi connectivity index (χ2v) is 5.35. The molecule has 2 atom stereocenters. The van der Waals surface area contributed by atoms with Crippen LogP contribution < -0.4 is 4.90 Å². The lowest BCUT2D eigenvalue weighted by molar-refractivity contribution is -0.130. The van der Waals surface area contributed by atoms with Crippen molar-refractivity contribution < 1.29 is 14.4 Å². The number of piperidine rings is 1. The van der Waals surface area contributed by atoms with Crippen molar-refractivity contribution in [2.24, 2.45) is 5.92 Å². The van der Waals surface area contributed by atoms with E-state index in [2.05, 4.69) is 19.8 Å². The maximum absolute atomic E-state index is 12.5. The Hall–Kier alpha value is -2.62. The van der Waals surface area contributed by atoms with Gasteiger partial charge in [0.05, 0.1) is 12.8 Å². The molecule has 0 aliphatic carbocycles. The zero-order valence-electron chi connectivity index (χ0n) is 19.5. The van der Waals surface area contributed by atoms with Crippen molar-refractivity contribution in [2.75, 3.05) is 31.5 Å². The SMILES string of the molecule is [2H]c1nc(N(C)[C@H]2CN(C(=O)C([2H])([2H])[N+]#[C-])CC[C@H]2C([2H])([2H])[2H])c2c([2H])c[nH]c2n1. The Bertz CT molecular complexity index is 1010. The van der Waals surface area contributed by atoms with E-state index in [1.807, 2.05) is 0 Å². The van der Waals surface area contributed by atoms with Crippen LogP contribution in [-0.2, 0) is 4.79 Å². The largest absolute Gasteiger partial charge is 0.354 e. The first-order chi connectivity index (χ1) is 13.9. The van der Waals surface area contributed by atoms with Crippen molar-refractivity contribution in [1.82, 2.24) is 19.9 Å². The number of H-pyrrole nitrogens is 1. The fourth-order valence-corrected chi connectivity index (χ4v) is 2.79. The molecule has 0 unspecified atom stereocenters. The molecule has 1 saturated heterocycles. The molecule has 1 N–H and O–H groups in total. The lowest BCUT2D eigenvalue weighted by atomic mass is 9.92. The molecule has 120 valence electrons. The summed E-state index contributed by atoms with van der Waals surface area (Å²) in [5.41, 5.74) is 0.264. The van der Waals surface area contributed by atoms with Gasteiger partial charge in [-0.15, -0.1) is 0 Å². The molecule has 7 nitrogen and oxygen atoms in total. The fourth-order valence-electron chi connectivity index (χ4n) is 2.79. The molecular formula is C16H20N6O. The molecule has 3 rings (SSSR count). The van der Waals surface area contributed by atoms with Crippen molar-refractivity contribution in [1.29, 1.82) is 0 Å². The van der Waals surface area contributed by atoms with E-state index in [9.17, 15) is 4.79 Å². The van der Waals surface area contributed by atoms with Crippen LogP contribution in [0.2, 0.25) is 0 Å². The number of amides is 1. The second kappa shape index (κ2) is 6.24. The van der Waals surface area contributed by atoms with Gasteiger partial charge in [-0.3, -0.25) is 4.79 Å². The molecule has 0 aromatic carbocycles. The normalized spacial score (nSPS) is 26.8. The number of aromatic amines is 1. The third kappa shape index (κ3) is 2.84. The third-order valence-corrected chi connectivity index (χ3v) is 4.06. The zero-order chi connectivity index (χ0) is 22.4. The smallest absolute Gasteiger partial charge is 0.302 e. The molecule has 0 saturated carbocycles. The third-order valence-electron chi connectivity index (χ3n) is 4.06. The van der Waals surface area contributed by atoms with Gasteiger partial charge in [-0.25, -0.2) is 16.5 Å². The highest BCUT2D eigenvalue weighted by Gasteiger charge is 2.33. The van der Waals surface area contributed by atoms with E-state index in [-0.39, 0.29) is 43.3 Å². The number of rotatable bonds is 3. The average molecular weight is 319 g/mol. The summed E-state index contributed by atoms with van der Waals surface area (Å²) in [4.78, 5) is 28.7. The molecule has 3 heterocycles. The van der Waals surface area contributed by atoms with Gasteiger partial charge in [-0.05, 0) is 18.4 Å². The molecule has 0 spiro atoms. The Morgan fingerprint density at radius 2 is 2.61 bits per heavy atom. The number of fused-ring (bicyclic) bond motifs is 1. The summed E-state index contributed by atoms with van der Waals surface area (Å²) in [6.07, 6.45) is 1.15. The lowest BCUT2D eigenvalue weighted by Crippen LogP contribution is -2.53. The van der Waals surface area contributed by atoms with Crippen molar-refractivity contribution in [2.45, 2.75) is 19.3 Å². The number of carbonyl (C=O) groups excluding carboxylic acids is 1. The van der Waals surface area contributed by atoms with Crippen molar-refractivity contribution in [3.8, 4) is 0 Å². The molecule has 1 amide bonds. The van der Waals surface area contributed by atoms with Gasteiger partial charge in [-0.2, -0.15) is 0 Å². The van der Waals surface area contributed by atoms with E-state index in [0.717, 1.165) is 4.90 Å². The quantitative estimate of drug-likeness (QED) is 0.872. The molecule has 23 heavy (non-hydrogen) atoms. The summed E-state index contributed by atoms with van der Waals surface area (Å²) in [5.74, 6) is -1.70. The first-order valence-electron chi connectivity index (χ1n) is 10.6. The first-order valence-corrected chi connectivity index (χ1v) is 7.10. The molecule has 7 heteroatoms. The molecule has 2 aromatic rings. The predicted octanol–water partition coefficient (Wildman–Crippen LogP) is 1.55. The van der Waals surface area contributed by atoms with Gasteiger partial charge in [0, 0.05) is 30.4 Å². The predicted molar refractivity (Wildman–Crippen MR) is 87.9 cm³/mol. The van der Waals surface area contributed by atoms with Crippen LogP contribution in [-0.4, -0.2) is 58.4 Å². The number of anilines is 1. The van der Waals surface area contributed by atoms with Crippen LogP contribution in [0.25, 0.3) is 15.9 Å². The minimum atomic E-state index is -2.73. The van der Waals surface area contributed by atoms with E-state index in [4.69, 9.17) is 16.2 Å². The Morgan fingerprint density at radius 3 is 3.39 bits per heavy atom. The molecule has 1 aliphatic heterocycles. The number of aromatic nitrogens is 3. The standard InChI is InChI=1S/C16H20N6O/c1-11-5-7-22(14(23)8-17-2)9-13(11)21(3)16-12-4-6-18-15(12)19-10-20-16/h4,6,10-11,13H,5,7-9H2,1,3H3,(H,18,19,20)/t11-,13+/m1/s1/i1D3,4D,8D2,10D. The summed E-state index contributed by atoms with van der Waals surface area (Å²) < 4.78 is 54.9. The fraction of sp³-hybridized carbons (Fsp3) is 0.500. The minimum absolute atomic E-state index is 0.0119. The second-order valence-electron chi connectivity index (χ2n) is 5.35. The zero-order valence-corrected chi connectivity index (χ0v) is 12.5. The average Bonchev–Trinajstić information content (AvgIpc) is 3.05. The van der Waals surface area contributed by atoms with Gasteiger partial charge in [0.15, 0.2) is 0 Å². The van der Waals surface area contributed by atoms with Crippen LogP contribution in [0.4, 0.5) is 5.82 Å². The first kappa shape index (κ1) is 8.87. The van der Waals surface area contributed by atoms with Crippen LogP contribution in [0, 0.1) is 12.5 Å². The Labute approximate surface area is 145 Å². The van der Waals surface area contributed by atoms with Gasteiger partial charge in [-0.1, -0.05) is 6.85 Å². The van der Waals surface area contributed by atoms with E-state index in [1.54, 1.807) is 7.05 Å². The van der Waals surface area contributed by atoms with Gasteiger partial charge in [0.2, 0.25) is 0 Å². The number of nitrogens with one attached hydrogen (secondary N) is 1. The summed E-state index contributed by atoms with van der Waals surface area (Å²) >= 11 is 0. The Balaban J connectivity index is 2.04. The van der Waals surface area contributed by atoms with Crippen molar-refractivity contribution >= 4 is 22.8 Å². The summed E-state index contributed by atoms with van der Waals surface area (Å²) in [5, 5.41) is 0.317. The minimum Gasteiger partial charge on any atom is -0.354 e. The van der Waals surface area contributed by atoms with Crippen molar-refractivity contribution in [3.63, 3.8) is 0 Å². The van der Waals surface area contributed by atoms with Gasteiger partial charge in [0.25, 0.3) is 6.50 Å². The molecule has 0 bridgehead atoms. The van der Waals surface area contributed by atoms with E-state index >= 15 is 0 Å². The van der Waals surface area contributed by atoms with Crippen LogP contribution in [0.3, 0.4) is 0 Å². The van der Waals surface area contributed by atoms with Crippen LogP contribution >= 0.6 is 0 Å². The number of carbonyl (C=O) groups is 1. The molecule has 2 aromatic heterocycles. The topological polar surface area (TPSA) is 69.5 Å². The lowest BCUT2D eigenvalue weighted by Gasteiger charge is -2.41. The Kier molecular flexibility index (Phi) is 2.41. The van der Waals surface area contributed by atoms with E-state index < -0.39 is 31.2 Å². The van der Waals surface area contributed by atoms with E-state index in [0.29, 0.717) is 5.39 Å². The number of nitrogens with zero attached hydrogens (tertiary/aromatic N) is 5. The van der Waals surface area contributed by atoms with Crippen molar-refractivity contribution in [3.05, 3.63) is 30.0 Å². The van der Waals surface area contributed by atoms with Gasteiger partial charge in [0.1, 0.15) is 21.9 Å². The summed E-state index contributed by atoms with van der Waals surface area (Å²) in [6, 6.07) is -0.728. The van der Waals surface area contributed by atoms with Crippen LogP contribution in [0.15, 0.2) is 18.5 Å². The highest BCUT2D eigenvalue weighted by atomic mass is 16.2. The highest BCUT2D eigenvalue weighted by Crippen LogP contribution is 2.28. The van der Waals surface area contributed by atoms with E-state index in [1.165, 1.54) is 11.1 Å². The van der Waals surface area contributed by atoms with Crippen LogP contribution in [0.5, 0.6) is 0 Å². The monoisotopic (exact) mass is 319 g/mol. The van der Waals surface area contributed by atoms with Gasteiger partial charge < -0.3 is 19.6 Å². The van der Waals surface area contributed by atoms with Gasteiger partial charge >= 0.3 is 5.91 Å². The highest BCUT2D eigenvalue weighted by molar-refractivity contribution is 5.87. The number of hydrogen-bond donors (Lipinski definition) is 1.